The summed E-state index contributed by atoms with van der Waals surface area (Å²) in [6.45, 7) is 11.2. The van der Waals surface area contributed by atoms with Gasteiger partial charge in [-0.05, 0) is 25.2 Å². The Balaban J connectivity index is 2.13. The molecule has 2 aliphatic rings. The summed E-state index contributed by atoms with van der Waals surface area (Å²) in [4.78, 5) is 0. The Morgan fingerprint density at radius 3 is 2.94 bits per heavy atom. The van der Waals surface area contributed by atoms with E-state index in [2.05, 4.69) is 56.0 Å². The molecule has 0 aromatic heterocycles. The zero-order valence-corrected chi connectivity index (χ0v) is 13.7. The predicted octanol–water partition coefficient (Wildman–Crippen LogP) is 4.24. The Morgan fingerprint density at radius 2 is 2.28 bits per heavy atom. The van der Waals surface area contributed by atoms with Crippen molar-refractivity contribution in [3.05, 3.63) is 24.3 Å². The van der Waals surface area contributed by atoms with Gasteiger partial charge in [0.1, 0.15) is 0 Å². The molecule has 0 N–H and O–H groups in total. The van der Waals surface area contributed by atoms with Crippen LogP contribution >= 0.6 is 22.6 Å². The first-order valence-corrected chi connectivity index (χ1v) is 7.89. The van der Waals surface area contributed by atoms with Gasteiger partial charge in [-0.25, -0.2) is 0 Å². The maximum absolute atomic E-state index is 6.29. The molecule has 102 valence electrons. The van der Waals surface area contributed by atoms with Crippen molar-refractivity contribution in [3.63, 3.8) is 0 Å². The SMILES string of the molecule is C=CCCC1COC2(CC(C)(C)C=C(C)C2I)O1. The summed E-state index contributed by atoms with van der Waals surface area (Å²) in [5, 5.41) is 0. The molecule has 0 aromatic carbocycles. The number of halogens is 1. The van der Waals surface area contributed by atoms with Gasteiger partial charge in [0.25, 0.3) is 0 Å². The van der Waals surface area contributed by atoms with Gasteiger partial charge >= 0.3 is 0 Å². The topological polar surface area (TPSA) is 18.5 Å². The highest BCUT2D eigenvalue weighted by atomic mass is 127. The number of rotatable bonds is 3. The van der Waals surface area contributed by atoms with Crippen molar-refractivity contribution in [2.45, 2.75) is 55.8 Å². The van der Waals surface area contributed by atoms with E-state index < -0.39 is 5.79 Å². The molecule has 2 nitrogen and oxygen atoms in total. The first kappa shape index (κ1) is 14.5. The molecule has 0 saturated carbocycles. The Kier molecular flexibility index (Phi) is 4.24. The van der Waals surface area contributed by atoms with E-state index in [1.54, 1.807) is 0 Å². The van der Waals surface area contributed by atoms with Crippen molar-refractivity contribution in [2.75, 3.05) is 6.61 Å². The minimum atomic E-state index is -0.408. The fourth-order valence-corrected chi connectivity index (χ4v) is 3.79. The summed E-state index contributed by atoms with van der Waals surface area (Å²) in [5.74, 6) is -0.408. The predicted molar refractivity (Wildman–Crippen MR) is 83.0 cm³/mol. The largest absolute Gasteiger partial charge is 0.346 e. The van der Waals surface area contributed by atoms with Gasteiger partial charge in [-0.2, -0.15) is 0 Å². The lowest BCUT2D eigenvalue weighted by Crippen LogP contribution is -2.47. The van der Waals surface area contributed by atoms with E-state index in [0.29, 0.717) is 3.92 Å². The van der Waals surface area contributed by atoms with Gasteiger partial charge in [0.05, 0.1) is 16.6 Å². The highest BCUT2D eigenvalue weighted by molar-refractivity contribution is 14.1. The van der Waals surface area contributed by atoms with E-state index in [9.17, 15) is 0 Å². The second-order valence-electron chi connectivity index (χ2n) is 6.14. The first-order chi connectivity index (χ1) is 8.38. The van der Waals surface area contributed by atoms with Crippen molar-refractivity contribution in [1.82, 2.24) is 0 Å². The van der Waals surface area contributed by atoms with E-state index >= 15 is 0 Å². The highest BCUT2D eigenvalue weighted by Crippen LogP contribution is 2.48. The van der Waals surface area contributed by atoms with E-state index in [-0.39, 0.29) is 11.5 Å². The third-order valence-electron chi connectivity index (χ3n) is 3.68. The number of ether oxygens (including phenoxy) is 2. The van der Waals surface area contributed by atoms with Crippen LogP contribution < -0.4 is 0 Å². The molecular formula is C15H23IO2. The van der Waals surface area contributed by atoms with E-state index in [1.165, 1.54) is 5.57 Å². The number of allylic oxidation sites excluding steroid dienone is 2. The molecule has 3 atom stereocenters. The van der Waals surface area contributed by atoms with Gasteiger partial charge in [0.15, 0.2) is 5.79 Å². The average molecular weight is 362 g/mol. The number of hydrogen-bond acceptors (Lipinski definition) is 2. The summed E-state index contributed by atoms with van der Waals surface area (Å²) >= 11 is 2.46. The molecule has 0 aromatic rings. The summed E-state index contributed by atoms with van der Waals surface area (Å²) < 4.78 is 12.7. The molecule has 0 radical (unpaired) electrons. The summed E-state index contributed by atoms with van der Waals surface area (Å²) in [7, 11) is 0. The van der Waals surface area contributed by atoms with Crippen LogP contribution in [0, 0.1) is 5.41 Å². The third kappa shape index (κ3) is 2.83. The maximum Gasteiger partial charge on any atom is 0.185 e. The normalized spacial score (nSPS) is 38.8. The Morgan fingerprint density at radius 1 is 1.56 bits per heavy atom. The summed E-state index contributed by atoms with van der Waals surface area (Å²) in [6, 6.07) is 0. The molecule has 0 amide bonds. The zero-order chi connectivity index (χ0) is 13.4. The fourth-order valence-electron chi connectivity index (χ4n) is 3.07. The summed E-state index contributed by atoms with van der Waals surface area (Å²) in [6.07, 6.45) is 7.48. The number of hydrogen-bond donors (Lipinski definition) is 0. The lowest BCUT2D eigenvalue weighted by Gasteiger charge is -2.43. The standard InChI is InChI=1S/C15H23IO2/c1-5-6-7-12-9-17-15(18-12)10-14(3,4)8-11(2)13(15)16/h5,8,12-13H,1,6-7,9-10H2,2-4H3. The molecule has 3 unspecified atom stereocenters. The van der Waals surface area contributed by atoms with E-state index in [1.807, 2.05) is 6.08 Å². The van der Waals surface area contributed by atoms with Crippen LogP contribution in [0.15, 0.2) is 24.3 Å². The van der Waals surface area contributed by atoms with Crippen LogP contribution in [0.2, 0.25) is 0 Å². The van der Waals surface area contributed by atoms with Crippen LogP contribution in [0.5, 0.6) is 0 Å². The first-order valence-electron chi connectivity index (χ1n) is 6.65. The van der Waals surface area contributed by atoms with Crippen LogP contribution in [0.1, 0.15) is 40.0 Å². The summed E-state index contributed by atoms with van der Waals surface area (Å²) in [5.41, 5.74) is 1.52. The van der Waals surface area contributed by atoms with Crippen molar-refractivity contribution < 1.29 is 9.47 Å². The molecule has 1 aliphatic heterocycles. The van der Waals surface area contributed by atoms with Crippen LogP contribution in [0.25, 0.3) is 0 Å². The van der Waals surface area contributed by atoms with Crippen molar-refractivity contribution in [1.29, 1.82) is 0 Å². The van der Waals surface area contributed by atoms with Gasteiger partial charge in [0, 0.05) is 6.42 Å². The van der Waals surface area contributed by atoms with Gasteiger partial charge in [0.2, 0.25) is 0 Å². The Hall–Kier alpha value is 0.130. The molecule has 1 heterocycles. The highest BCUT2D eigenvalue weighted by Gasteiger charge is 2.52. The van der Waals surface area contributed by atoms with Crippen LogP contribution in [-0.4, -0.2) is 22.4 Å². The maximum atomic E-state index is 6.29. The van der Waals surface area contributed by atoms with Gasteiger partial charge in [-0.15, -0.1) is 6.58 Å². The molecule has 18 heavy (non-hydrogen) atoms. The van der Waals surface area contributed by atoms with Crippen LogP contribution in [0.3, 0.4) is 0 Å². The monoisotopic (exact) mass is 362 g/mol. The zero-order valence-electron chi connectivity index (χ0n) is 11.5. The molecule has 3 heteroatoms. The third-order valence-corrected chi connectivity index (χ3v) is 5.61. The van der Waals surface area contributed by atoms with Crippen LogP contribution in [0.4, 0.5) is 0 Å². The molecular weight excluding hydrogens is 339 g/mol. The lowest BCUT2D eigenvalue weighted by molar-refractivity contribution is -0.180. The fraction of sp³-hybridized carbons (Fsp3) is 0.733. The van der Waals surface area contributed by atoms with Crippen LogP contribution in [-0.2, 0) is 9.47 Å². The van der Waals surface area contributed by atoms with E-state index in [4.69, 9.17) is 9.47 Å². The Bertz CT molecular complexity index is 362. The number of alkyl halides is 1. The second kappa shape index (κ2) is 5.25. The smallest absolute Gasteiger partial charge is 0.185 e. The van der Waals surface area contributed by atoms with Crippen molar-refractivity contribution >= 4 is 22.6 Å². The molecule has 0 bridgehead atoms. The molecule has 1 fully saturated rings. The van der Waals surface area contributed by atoms with Gasteiger partial charge < -0.3 is 9.47 Å². The average Bonchev–Trinajstić information content (AvgIpc) is 2.66. The quantitative estimate of drug-likeness (QED) is 0.425. The minimum Gasteiger partial charge on any atom is -0.346 e. The molecule has 2 rings (SSSR count). The van der Waals surface area contributed by atoms with Gasteiger partial charge in [-0.3, -0.25) is 0 Å². The molecule has 1 aliphatic carbocycles. The molecule has 1 saturated heterocycles. The van der Waals surface area contributed by atoms with Crippen molar-refractivity contribution in [3.8, 4) is 0 Å². The van der Waals surface area contributed by atoms with Crippen molar-refractivity contribution in [2.24, 2.45) is 5.41 Å². The molecule has 1 spiro atoms. The second-order valence-corrected chi connectivity index (χ2v) is 7.39. The minimum absolute atomic E-state index is 0.152. The van der Waals surface area contributed by atoms with E-state index in [0.717, 1.165) is 25.9 Å². The van der Waals surface area contributed by atoms with Gasteiger partial charge in [-0.1, -0.05) is 54.2 Å². The Labute approximate surface area is 124 Å². The lowest BCUT2D eigenvalue weighted by atomic mass is 9.76.